The Kier molecular flexibility index (Phi) is 9.47. The lowest BCUT2D eigenvalue weighted by Crippen LogP contribution is -2.45. The zero-order chi connectivity index (χ0) is 31.0. The van der Waals surface area contributed by atoms with E-state index in [0.717, 1.165) is 63.1 Å². The highest BCUT2D eigenvalue weighted by atomic mass is 16.6. The van der Waals surface area contributed by atoms with Crippen molar-refractivity contribution in [1.29, 1.82) is 5.26 Å². The molecule has 4 heterocycles. The fraction of sp³-hybridized carbons (Fsp3) is 0.419. The minimum atomic E-state index is -0.261. The van der Waals surface area contributed by atoms with Crippen molar-refractivity contribution >= 4 is 18.0 Å². The molecule has 6 rings (SSSR count). The topological polar surface area (TPSA) is 175 Å². The van der Waals surface area contributed by atoms with E-state index < -0.39 is 0 Å². The summed E-state index contributed by atoms with van der Waals surface area (Å²) in [6, 6.07) is 8.34. The van der Waals surface area contributed by atoms with Crippen LogP contribution >= 0.6 is 0 Å². The van der Waals surface area contributed by atoms with E-state index in [2.05, 4.69) is 36.2 Å². The van der Waals surface area contributed by atoms with Crippen molar-refractivity contribution in [2.75, 3.05) is 38.2 Å². The summed E-state index contributed by atoms with van der Waals surface area (Å²) in [5.41, 5.74) is 7.93. The third kappa shape index (κ3) is 7.39. The minimum Gasteiger partial charge on any atom is -0.487 e. The number of nitrogens with zero attached hydrogens (tertiary/aromatic N) is 8. The number of aliphatic imine (C=N–C) groups is 1. The lowest BCUT2D eigenvalue weighted by molar-refractivity contribution is 0.00503. The van der Waals surface area contributed by atoms with Crippen molar-refractivity contribution < 1.29 is 18.6 Å². The Morgan fingerprint density at radius 3 is 2.62 bits per heavy atom. The Labute approximate surface area is 260 Å². The summed E-state index contributed by atoms with van der Waals surface area (Å²) in [7, 11) is 0. The van der Waals surface area contributed by atoms with Gasteiger partial charge in [-0.3, -0.25) is 14.6 Å². The molecule has 234 valence electrons. The first-order valence-corrected chi connectivity index (χ1v) is 15.1. The molecule has 2 aliphatic rings. The number of anilines is 2. The summed E-state index contributed by atoms with van der Waals surface area (Å²) in [5.74, 6) is 1.14. The number of morpholine rings is 1. The third-order valence-corrected chi connectivity index (χ3v) is 8.02. The number of oxazole rings is 1. The van der Waals surface area contributed by atoms with Crippen LogP contribution in [0, 0.1) is 11.3 Å². The van der Waals surface area contributed by atoms with E-state index in [1.165, 1.54) is 18.8 Å². The highest BCUT2D eigenvalue weighted by Crippen LogP contribution is 2.36. The molecule has 3 N–H and O–H groups in total. The molecule has 1 atom stereocenters. The van der Waals surface area contributed by atoms with Crippen LogP contribution in [0.25, 0.3) is 11.1 Å². The van der Waals surface area contributed by atoms with Crippen LogP contribution < -0.4 is 20.5 Å². The lowest BCUT2D eigenvalue weighted by atomic mass is 9.90. The fourth-order valence-electron chi connectivity index (χ4n) is 5.71. The van der Waals surface area contributed by atoms with E-state index in [4.69, 9.17) is 29.5 Å². The van der Waals surface area contributed by atoms with Gasteiger partial charge in [-0.25, -0.2) is 9.97 Å². The summed E-state index contributed by atoms with van der Waals surface area (Å²) in [6.45, 7) is 5.87. The van der Waals surface area contributed by atoms with Gasteiger partial charge in [0.15, 0.2) is 0 Å². The van der Waals surface area contributed by atoms with E-state index in [9.17, 15) is 5.26 Å². The Hall–Kier alpha value is -5.00. The molecule has 1 aliphatic heterocycles. The van der Waals surface area contributed by atoms with Gasteiger partial charge in [-0.05, 0) is 50.3 Å². The zero-order valence-electron chi connectivity index (χ0n) is 25.1. The SMILES string of the molecule is C[C@@H](CN=CN)Oc1cc(-c2cnc(Nc3cn(C4CCC(N5CCOCC5)CC4)nc3Oc3ncco3)nc2)ccc1C#N. The largest absolute Gasteiger partial charge is 0.487 e. The minimum absolute atomic E-state index is 0.0959. The molecule has 0 amide bonds. The summed E-state index contributed by atoms with van der Waals surface area (Å²) in [6.07, 6.45) is 13.6. The number of nitriles is 1. The van der Waals surface area contributed by atoms with Crippen LogP contribution in [0.3, 0.4) is 0 Å². The van der Waals surface area contributed by atoms with Crippen LogP contribution in [0.5, 0.6) is 17.7 Å². The predicted octanol–water partition coefficient (Wildman–Crippen LogP) is 4.31. The molecule has 3 aromatic heterocycles. The molecule has 45 heavy (non-hydrogen) atoms. The quantitative estimate of drug-likeness (QED) is 0.182. The number of benzene rings is 1. The van der Waals surface area contributed by atoms with Crippen molar-refractivity contribution in [1.82, 2.24) is 29.6 Å². The number of ether oxygens (including phenoxy) is 3. The first-order valence-electron chi connectivity index (χ1n) is 15.1. The molecule has 1 aliphatic carbocycles. The standard InChI is InChI=1S/C31H36N10O4/c1-21(16-34-20-33)44-28-14-22(2-3-23(28)15-32)24-17-36-30(37-18-24)38-27-19-41(39-29(27)45-31-35-8-11-43-31)26-6-4-25(5-7-26)40-9-12-42-13-10-40/h2-3,8,11,14,17-21,25-26H,4-7,9-10,12-13,16H2,1H3,(H2,33,34)(H,36,37,38)/t21-,25?,26?/m0/s1. The number of hydrogen-bond acceptors (Lipinski definition) is 12. The number of aromatic nitrogens is 5. The molecule has 2 fully saturated rings. The number of hydrogen-bond donors (Lipinski definition) is 2. The van der Waals surface area contributed by atoms with Gasteiger partial charge in [0.2, 0.25) is 5.95 Å². The van der Waals surface area contributed by atoms with Crippen LogP contribution in [0.4, 0.5) is 11.6 Å². The molecule has 1 aromatic carbocycles. The molecule has 1 saturated carbocycles. The first-order chi connectivity index (χ1) is 22.1. The molecule has 1 saturated heterocycles. The number of nitrogens with two attached hydrogens (primary N) is 1. The maximum absolute atomic E-state index is 9.55. The summed E-state index contributed by atoms with van der Waals surface area (Å²) < 4.78 is 24.7. The lowest BCUT2D eigenvalue weighted by Gasteiger charge is -2.38. The van der Waals surface area contributed by atoms with Crippen molar-refractivity contribution in [3.8, 4) is 34.9 Å². The van der Waals surface area contributed by atoms with Crippen LogP contribution in [0.2, 0.25) is 0 Å². The molecule has 0 radical (unpaired) electrons. The third-order valence-electron chi connectivity index (χ3n) is 8.02. The molecular weight excluding hydrogens is 576 g/mol. The molecule has 0 spiro atoms. The molecule has 0 unspecified atom stereocenters. The average Bonchev–Trinajstić information content (AvgIpc) is 3.75. The van der Waals surface area contributed by atoms with E-state index in [1.807, 2.05) is 23.9 Å². The van der Waals surface area contributed by atoms with E-state index in [-0.39, 0.29) is 18.2 Å². The van der Waals surface area contributed by atoms with Crippen LogP contribution in [0.1, 0.15) is 44.2 Å². The summed E-state index contributed by atoms with van der Waals surface area (Å²) >= 11 is 0. The van der Waals surface area contributed by atoms with Crippen molar-refractivity contribution in [2.45, 2.75) is 50.8 Å². The van der Waals surface area contributed by atoms with Gasteiger partial charge in [-0.15, -0.1) is 5.10 Å². The normalized spacial score (nSPS) is 19.6. The molecule has 4 aromatic rings. The highest BCUT2D eigenvalue weighted by molar-refractivity contribution is 5.67. The smallest absolute Gasteiger partial charge is 0.400 e. The van der Waals surface area contributed by atoms with Gasteiger partial charge in [-0.1, -0.05) is 6.07 Å². The van der Waals surface area contributed by atoms with Gasteiger partial charge in [-0.2, -0.15) is 10.2 Å². The Morgan fingerprint density at radius 2 is 1.91 bits per heavy atom. The second-order valence-corrected chi connectivity index (χ2v) is 11.0. The number of nitrogens with one attached hydrogen (secondary N) is 1. The van der Waals surface area contributed by atoms with Crippen LogP contribution in [0.15, 0.2) is 58.7 Å². The van der Waals surface area contributed by atoms with E-state index in [1.54, 1.807) is 24.5 Å². The predicted molar refractivity (Wildman–Crippen MR) is 166 cm³/mol. The maximum Gasteiger partial charge on any atom is 0.400 e. The number of rotatable bonds is 11. The summed E-state index contributed by atoms with van der Waals surface area (Å²) in [5, 5.41) is 17.6. The second kappa shape index (κ2) is 14.2. The molecule has 14 heteroatoms. The van der Waals surface area contributed by atoms with Crippen molar-refractivity contribution in [3.05, 3.63) is 54.8 Å². The fourth-order valence-corrected chi connectivity index (χ4v) is 5.71. The Morgan fingerprint density at radius 1 is 1.13 bits per heavy atom. The summed E-state index contributed by atoms with van der Waals surface area (Å²) in [4.78, 5) is 19.7. The van der Waals surface area contributed by atoms with E-state index >= 15 is 0 Å². The van der Waals surface area contributed by atoms with Crippen LogP contribution in [-0.2, 0) is 4.74 Å². The monoisotopic (exact) mass is 612 g/mol. The van der Waals surface area contributed by atoms with E-state index in [0.29, 0.717) is 41.4 Å². The molecule has 14 nitrogen and oxygen atoms in total. The van der Waals surface area contributed by atoms with Gasteiger partial charge in [0.25, 0.3) is 5.88 Å². The van der Waals surface area contributed by atoms with Crippen molar-refractivity contribution in [2.24, 2.45) is 10.7 Å². The zero-order valence-corrected chi connectivity index (χ0v) is 25.1. The highest BCUT2D eigenvalue weighted by Gasteiger charge is 2.29. The van der Waals surface area contributed by atoms with Crippen molar-refractivity contribution in [3.63, 3.8) is 0 Å². The van der Waals surface area contributed by atoms with Gasteiger partial charge in [0, 0.05) is 37.1 Å². The molecule has 0 bridgehead atoms. The van der Waals surface area contributed by atoms with Gasteiger partial charge in [0.05, 0.1) is 50.1 Å². The Balaban J connectivity index is 1.17. The maximum atomic E-state index is 9.55. The Bertz CT molecular complexity index is 1600. The van der Waals surface area contributed by atoms with Gasteiger partial charge in [0.1, 0.15) is 29.9 Å². The van der Waals surface area contributed by atoms with Gasteiger partial charge >= 0.3 is 6.08 Å². The van der Waals surface area contributed by atoms with Crippen LogP contribution in [-0.4, -0.2) is 81.0 Å². The molecular formula is C31H36N10O4. The average molecular weight is 613 g/mol. The second-order valence-electron chi connectivity index (χ2n) is 11.0. The van der Waals surface area contributed by atoms with Gasteiger partial charge < -0.3 is 29.7 Å². The first kappa shape index (κ1) is 30.0.